The molecule has 0 fully saturated rings. The maximum atomic E-state index is 13.3. The van der Waals surface area contributed by atoms with Crippen molar-refractivity contribution in [3.8, 4) is 0 Å². The molecule has 0 aliphatic carbocycles. The molecular weight excluding hydrogens is 239 g/mol. The van der Waals surface area contributed by atoms with E-state index in [0.29, 0.717) is 18.2 Å². The summed E-state index contributed by atoms with van der Waals surface area (Å²) < 4.78 is 13.3. The van der Waals surface area contributed by atoms with Crippen molar-refractivity contribution in [2.75, 3.05) is 11.1 Å². The fourth-order valence-electron chi connectivity index (χ4n) is 1.91. The Balaban J connectivity index is 2.04. The molecular formula is C16H19FN2. The number of nitrogens with one attached hydrogen (secondary N) is 1. The van der Waals surface area contributed by atoms with Gasteiger partial charge in [-0.1, -0.05) is 44.2 Å². The number of halogens is 1. The fraction of sp³-hybridized carbons (Fsp3) is 0.250. The molecule has 0 bridgehead atoms. The Labute approximate surface area is 113 Å². The molecule has 100 valence electrons. The van der Waals surface area contributed by atoms with Crippen molar-refractivity contribution >= 4 is 11.4 Å². The van der Waals surface area contributed by atoms with E-state index >= 15 is 0 Å². The van der Waals surface area contributed by atoms with E-state index < -0.39 is 0 Å². The Hall–Kier alpha value is -2.03. The van der Waals surface area contributed by atoms with Gasteiger partial charge in [0.15, 0.2) is 0 Å². The van der Waals surface area contributed by atoms with Crippen molar-refractivity contribution in [1.29, 1.82) is 0 Å². The normalized spacial score (nSPS) is 10.7. The quantitative estimate of drug-likeness (QED) is 0.809. The minimum atomic E-state index is -0.389. The standard InChI is InChI=1S/C16H19FN2/c1-11(2)13-8-6-12(7-9-13)10-19-15-5-3-4-14(17)16(15)18/h3-9,11,19H,10,18H2,1-2H3. The van der Waals surface area contributed by atoms with Gasteiger partial charge in [-0.3, -0.25) is 0 Å². The van der Waals surface area contributed by atoms with Gasteiger partial charge in [-0.15, -0.1) is 0 Å². The lowest BCUT2D eigenvalue weighted by Crippen LogP contribution is -2.04. The Morgan fingerprint density at radius 2 is 1.79 bits per heavy atom. The fourth-order valence-corrected chi connectivity index (χ4v) is 1.91. The highest BCUT2D eigenvalue weighted by Gasteiger charge is 2.04. The van der Waals surface area contributed by atoms with Gasteiger partial charge >= 0.3 is 0 Å². The highest BCUT2D eigenvalue weighted by molar-refractivity contribution is 5.66. The molecule has 0 unspecified atom stereocenters. The molecule has 0 radical (unpaired) electrons. The molecule has 0 atom stereocenters. The molecule has 2 aromatic carbocycles. The van der Waals surface area contributed by atoms with Crippen LogP contribution in [0.2, 0.25) is 0 Å². The molecule has 2 aromatic rings. The van der Waals surface area contributed by atoms with Crippen LogP contribution in [0.1, 0.15) is 30.9 Å². The van der Waals surface area contributed by atoms with Crippen LogP contribution in [0.25, 0.3) is 0 Å². The summed E-state index contributed by atoms with van der Waals surface area (Å²) in [6, 6.07) is 13.2. The SMILES string of the molecule is CC(C)c1ccc(CNc2cccc(F)c2N)cc1. The average Bonchev–Trinajstić information content (AvgIpc) is 2.41. The van der Waals surface area contributed by atoms with Crippen molar-refractivity contribution in [2.45, 2.75) is 26.3 Å². The summed E-state index contributed by atoms with van der Waals surface area (Å²) in [7, 11) is 0. The van der Waals surface area contributed by atoms with Gasteiger partial charge in [-0.2, -0.15) is 0 Å². The smallest absolute Gasteiger partial charge is 0.148 e. The lowest BCUT2D eigenvalue weighted by atomic mass is 10.0. The predicted octanol–water partition coefficient (Wildman–Crippen LogP) is 4.14. The molecule has 19 heavy (non-hydrogen) atoms. The van der Waals surface area contributed by atoms with E-state index in [1.54, 1.807) is 12.1 Å². The number of anilines is 2. The Morgan fingerprint density at radius 1 is 1.11 bits per heavy atom. The Bertz CT molecular complexity index is 547. The summed E-state index contributed by atoms with van der Waals surface area (Å²) in [5.74, 6) is 0.140. The van der Waals surface area contributed by atoms with Crippen LogP contribution >= 0.6 is 0 Å². The highest BCUT2D eigenvalue weighted by atomic mass is 19.1. The number of hydrogen-bond acceptors (Lipinski definition) is 2. The highest BCUT2D eigenvalue weighted by Crippen LogP contribution is 2.22. The topological polar surface area (TPSA) is 38.0 Å². The molecule has 0 aliphatic rings. The largest absolute Gasteiger partial charge is 0.395 e. The number of para-hydroxylation sites is 1. The van der Waals surface area contributed by atoms with Gasteiger partial charge in [-0.25, -0.2) is 4.39 Å². The minimum absolute atomic E-state index is 0.168. The predicted molar refractivity (Wildman–Crippen MR) is 78.7 cm³/mol. The van der Waals surface area contributed by atoms with Crippen molar-refractivity contribution in [3.63, 3.8) is 0 Å². The van der Waals surface area contributed by atoms with E-state index in [1.165, 1.54) is 11.6 Å². The Kier molecular flexibility index (Phi) is 4.05. The zero-order chi connectivity index (χ0) is 13.8. The summed E-state index contributed by atoms with van der Waals surface area (Å²) in [4.78, 5) is 0. The third-order valence-corrected chi connectivity index (χ3v) is 3.18. The van der Waals surface area contributed by atoms with Gasteiger partial charge in [-0.05, 0) is 29.2 Å². The maximum Gasteiger partial charge on any atom is 0.148 e. The summed E-state index contributed by atoms with van der Waals surface area (Å²) in [5, 5.41) is 3.15. The second kappa shape index (κ2) is 5.74. The monoisotopic (exact) mass is 258 g/mol. The second-order valence-corrected chi connectivity index (χ2v) is 4.95. The van der Waals surface area contributed by atoms with E-state index in [-0.39, 0.29) is 11.5 Å². The first-order chi connectivity index (χ1) is 9.08. The molecule has 0 amide bonds. The molecule has 0 aromatic heterocycles. The van der Waals surface area contributed by atoms with Crippen LogP contribution in [0.4, 0.5) is 15.8 Å². The number of nitrogen functional groups attached to an aromatic ring is 1. The minimum Gasteiger partial charge on any atom is -0.395 e. The number of nitrogens with two attached hydrogens (primary N) is 1. The van der Waals surface area contributed by atoms with Crippen LogP contribution in [0.5, 0.6) is 0 Å². The molecule has 3 heteroatoms. The summed E-state index contributed by atoms with van der Waals surface area (Å²) in [5.41, 5.74) is 8.93. The van der Waals surface area contributed by atoms with Crippen LogP contribution in [0.15, 0.2) is 42.5 Å². The van der Waals surface area contributed by atoms with Crippen LogP contribution in [-0.4, -0.2) is 0 Å². The van der Waals surface area contributed by atoms with Crippen LogP contribution in [0.3, 0.4) is 0 Å². The average molecular weight is 258 g/mol. The number of hydrogen-bond donors (Lipinski definition) is 2. The van der Waals surface area contributed by atoms with Crippen molar-refractivity contribution < 1.29 is 4.39 Å². The molecule has 0 saturated heterocycles. The first kappa shape index (κ1) is 13.4. The van der Waals surface area contributed by atoms with Crippen LogP contribution < -0.4 is 11.1 Å². The first-order valence-corrected chi connectivity index (χ1v) is 6.44. The van der Waals surface area contributed by atoms with Crippen LogP contribution in [-0.2, 0) is 6.54 Å². The summed E-state index contributed by atoms with van der Waals surface area (Å²) >= 11 is 0. The first-order valence-electron chi connectivity index (χ1n) is 6.44. The lowest BCUT2D eigenvalue weighted by molar-refractivity contribution is 0.633. The second-order valence-electron chi connectivity index (χ2n) is 4.95. The maximum absolute atomic E-state index is 13.3. The Morgan fingerprint density at radius 3 is 2.42 bits per heavy atom. The molecule has 2 rings (SSSR count). The molecule has 0 aliphatic heterocycles. The summed E-state index contributed by atoms with van der Waals surface area (Å²) in [6.07, 6.45) is 0. The molecule has 3 N–H and O–H groups in total. The van der Waals surface area contributed by atoms with E-state index in [1.807, 2.05) is 0 Å². The van der Waals surface area contributed by atoms with Gasteiger partial charge in [0.1, 0.15) is 5.82 Å². The van der Waals surface area contributed by atoms with Gasteiger partial charge in [0, 0.05) is 6.54 Å². The lowest BCUT2D eigenvalue weighted by Gasteiger charge is -2.11. The van der Waals surface area contributed by atoms with Crippen molar-refractivity contribution in [3.05, 3.63) is 59.4 Å². The van der Waals surface area contributed by atoms with Crippen molar-refractivity contribution in [2.24, 2.45) is 0 Å². The van der Waals surface area contributed by atoms with Gasteiger partial charge in [0.2, 0.25) is 0 Å². The molecule has 2 nitrogen and oxygen atoms in total. The zero-order valence-electron chi connectivity index (χ0n) is 11.3. The van der Waals surface area contributed by atoms with Gasteiger partial charge in [0.25, 0.3) is 0 Å². The third-order valence-electron chi connectivity index (χ3n) is 3.18. The van der Waals surface area contributed by atoms with Crippen LogP contribution in [0, 0.1) is 5.82 Å². The van der Waals surface area contributed by atoms with Crippen molar-refractivity contribution in [1.82, 2.24) is 0 Å². The number of benzene rings is 2. The van der Waals surface area contributed by atoms with Gasteiger partial charge in [0.05, 0.1) is 11.4 Å². The molecule has 0 saturated carbocycles. The molecule has 0 heterocycles. The van der Waals surface area contributed by atoms with E-state index in [0.717, 1.165) is 5.56 Å². The van der Waals surface area contributed by atoms with E-state index in [2.05, 4.69) is 43.4 Å². The van der Waals surface area contributed by atoms with Gasteiger partial charge < -0.3 is 11.1 Å². The number of rotatable bonds is 4. The summed E-state index contributed by atoms with van der Waals surface area (Å²) in [6.45, 7) is 4.97. The third kappa shape index (κ3) is 3.25. The van der Waals surface area contributed by atoms with E-state index in [9.17, 15) is 4.39 Å². The zero-order valence-corrected chi connectivity index (χ0v) is 11.3. The van der Waals surface area contributed by atoms with E-state index in [4.69, 9.17) is 5.73 Å². The molecule has 0 spiro atoms.